The van der Waals surface area contributed by atoms with E-state index in [1.54, 1.807) is 16.6 Å². The quantitative estimate of drug-likeness (QED) is 0.347. The molecule has 10 heteroatoms. The summed E-state index contributed by atoms with van der Waals surface area (Å²) in [5.41, 5.74) is 0.981. The first-order valence-corrected chi connectivity index (χ1v) is 10.9. The summed E-state index contributed by atoms with van der Waals surface area (Å²) >= 11 is 7.89. The van der Waals surface area contributed by atoms with Crippen molar-refractivity contribution >= 4 is 51.6 Å². The van der Waals surface area contributed by atoms with Gasteiger partial charge in [-0.25, -0.2) is 4.98 Å². The van der Waals surface area contributed by atoms with Crippen LogP contribution in [-0.4, -0.2) is 51.3 Å². The molecule has 0 fully saturated rings. The number of rotatable bonds is 7. The fraction of sp³-hybridized carbons (Fsp3) is 0.333. The number of methoxy groups -OCH3 is 1. The first-order chi connectivity index (χ1) is 13.5. The van der Waals surface area contributed by atoms with Gasteiger partial charge in [-0.2, -0.15) is 0 Å². The van der Waals surface area contributed by atoms with E-state index in [9.17, 15) is 9.59 Å². The average Bonchev–Trinajstić information content (AvgIpc) is 3.04. The predicted molar refractivity (Wildman–Crippen MR) is 116 cm³/mol. The Hall–Kier alpha value is -2.17. The summed E-state index contributed by atoms with van der Waals surface area (Å²) in [4.78, 5) is 33.8. The SMILES string of the molecule is CCN(CC)C(=O)CSc1nc2c(sc(=S)n2-c2cccc(OC)c2)c(=O)[nH]1. The molecule has 3 aromatic rings. The number of nitrogens with zero attached hydrogens (tertiary/aromatic N) is 3. The zero-order chi connectivity index (χ0) is 20.3. The van der Waals surface area contributed by atoms with Gasteiger partial charge in [-0.05, 0) is 38.2 Å². The van der Waals surface area contributed by atoms with Crippen LogP contribution in [0.1, 0.15) is 13.8 Å². The largest absolute Gasteiger partial charge is 0.497 e. The van der Waals surface area contributed by atoms with Crippen LogP contribution in [0.25, 0.3) is 16.0 Å². The third kappa shape index (κ3) is 4.13. The first-order valence-electron chi connectivity index (χ1n) is 8.69. The molecule has 28 heavy (non-hydrogen) atoms. The zero-order valence-electron chi connectivity index (χ0n) is 15.7. The summed E-state index contributed by atoms with van der Waals surface area (Å²) in [7, 11) is 1.59. The number of benzene rings is 1. The number of H-pyrrole nitrogens is 1. The molecule has 0 aliphatic heterocycles. The Morgan fingerprint density at radius 3 is 2.82 bits per heavy atom. The van der Waals surface area contributed by atoms with Crippen LogP contribution in [0, 0.1) is 3.95 Å². The number of hydrogen-bond donors (Lipinski definition) is 1. The smallest absolute Gasteiger partial charge is 0.271 e. The van der Waals surface area contributed by atoms with Crippen molar-refractivity contribution in [2.24, 2.45) is 0 Å². The summed E-state index contributed by atoms with van der Waals surface area (Å²) in [5, 5.41) is 0.391. The standard InChI is InChI=1S/C18H20N4O3S3/c1-4-21(5-2)13(23)10-27-17-19-15-14(16(24)20-17)28-18(26)22(15)11-7-6-8-12(9-11)25-3/h6-9H,4-5,10H2,1-3H3,(H,19,20,24). The molecule has 0 spiro atoms. The molecule has 3 rings (SSSR count). The van der Waals surface area contributed by atoms with Crippen molar-refractivity contribution in [3.05, 3.63) is 38.6 Å². The van der Waals surface area contributed by atoms with Crippen molar-refractivity contribution in [1.29, 1.82) is 0 Å². The molecule has 7 nitrogen and oxygen atoms in total. The van der Waals surface area contributed by atoms with Gasteiger partial charge in [-0.15, -0.1) is 0 Å². The number of carbonyl (C=O) groups is 1. The number of thiazole rings is 1. The Balaban J connectivity index is 2.01. The molecule has 0 atom stereocenters. The maximum absolute atomic E-state index is 12.5. The lowest BCUT2D eigenvalue weighted by molar-refractivity contribution is -0.127. The second-order valence-corrected chi connectivity index (χ2v) is 8.39. The Bertz CT molecular complexity index is 1120. The molecule has 0 saturated carbocycles. The van der Waals surface area contributed by atoms with E-state index in [0.717, 1.165) is 5.69 Å². The van der Waals surface area contributed by atoms with Crippen molar-refractivity contribution in [3.8, 4) is 11.4 Å². The highest BCUT2D eigenvalue weighted by Crippen LogP contribution is 2.26. The van der Waals surface area contributed by atoms with Gasteiger partial charge in [0.05, 0.1) is 18.6 Å². The fourth-order valence-electron chi connectivity index (χ4n) is 2.74. The van der Waals surface area contributed by atoms with Crippen LogP contribution < -0.4 is 10.3 Å². The Morgan fingerprint density at radius 1 is 1.39 bits per heavy atom. The Morgan fingerprint density at radius 2 is 2.14 bits per heavy atom. The van der Waals surface area contributed by atoms with Crippen LogP contribution in [0.3, 0.4) is 0 Å². The molecule has 1 aromatic carbocycles. The van der Waals surface area contributed by atoms with Crippen LogP contribution in [0.2, 0.25) is 0 Å². The summed E-state index contributed by atoms with van der Waals surface area (Å²) < 4.78 is 8.00. The van der Waals surface area contributed by atoms with Gasteiger partial charge in [0.1, 0.15) is 10.4 Å². The molecule has 2 aromatic heterocycles. The van der Waals surface area contributed by atoms with Gasteiger partial charge >= 0.3 is 0 Å². The van der Waals surface area contributed by atoms with Crippen molar-refractivity contribution in [1.82, 2.24) is 19.4 Å². The second kappa shape index (κ2) is 8.89. The number of nitrogens with one attached hydrogen (secondary N) is 1. The van der Waals surface area contributed by atoms with E-state index < -0.39 is 0 Å². The highest BCUT2D eigenvalue weighted by molar-refractivity contribution is 7.99. The molecular formula is C18H20N4O3S3. The maximum atomic E-state index is 12.5. The Labute approximate surface area is 175 Å². The van der Waals surface area contributed by atoms with E-state index in [1.807, 2.05) is 38.1 Å². The van der Waals surface area contributed by atoms with Crippen LogP contribution >= 0.6 is 35.3 Å². The Kier molecular flexibility index (Phi) is 6.53. The molecule has 2 heterocycles. The first kappa shape index (κ1) is 20.6. The summed E-state index contributed by atoms with van der Waals surface area (Å²) in [6.45, 7) is 5.18. The van der Waals surface area contributed by atoms with Gasteiger partial charge in [0.2, 0.25) is 5.91 Å². The zero-order valence-corrected chi connectivity index (χ0v) is 18.2. The second-order valence-electron chi connectivity index (χ2n) is 5.78. The van der Waals surface area contributed by atoms with Crippen LogP contribution in [0.5, 0.6) is 5.75 Å². The molecule has 0 aliphatic rings. The third-order valence-electron chi connectivity index (χ3n) is 4.18. The molecule has 0 radical (unpaired) electrons. The molecule has 0 saturated heterocycles. The van der Waals surface area contributed by atoms with Gasteiger partial charge < -0.3 is 14.6 Å². The predicted octanol–water partition coefficient (Wildman–Crippen LogP) is 3.47. The highest BCUT2D eigenvalue weighted by Gasteiger charge is 2.16. The molecule has 1 N–H and O–H groups in total. The number of ether oxygens (including phenoxy) is 1. The van der Waals surface area contributed by atoms with Gasteiger partial charge in [0.25, 0.3) is 5.56 Å². The lowest BCUT2D eigenvalue weighted by atomic mass is 10.3. The molecule has 148 valence electrons. The number of carbonyl (C=O) groups excluding carboxylic acids is 1. The van der Waals surface area contributed by atoms with E-state index in [4.69, 9.17) is 17.0 Å². The number of hydrogen-bond acceptors (Lipinski definition) is 7. The molecule has 0 bridgehead atoms. The van der Waals surface area contributed by atoms with Crippen molar-refractivity contribution in [2.75, 3.05) is 26.0 Å². The number of aromatic amines is 1. The van der Waals surface area contributed by atoms with Gasteiger partial charge in [0.15, 0.2) is 14.8 Å². The number of aromatic nitrogens is 3. The van der Waals surface area contributed by atoms with E-state index in [-0.39, 0.29) is 17.2 Å². The minimum absolute atomic E-state index is 0.00713. The van der Waals surface area contributed by atoms with E-state index in [2.05, 4.69) is 9.97 Å². The van der Waals surface area contributed by atoms with E-state index in [0.29, 0.717) is 38.3 Å². The topological polar surface area (TPSA) is 80.2 Å². The molecule has 0 aliphatic carbocycles. The van der Waals surface area contributed by atoms with Crippen LogP contribution in [0.4, 0.5) is 0 Å². The number of thioether (sulfide) groups is 1. The highest BCUT2D eigenvalue weighted by atomic mass is 32.2. The molecule has 1 amide bonds. The summed E-state index contributed by atoms with van der Waals surface area (Å²) in [5.74, 6) is 0.899. The van der Waals surface area contributed by atoms with Gasteiger partial charge in [-0.1, -0.05) is 29.2 Å². The minimum atomic E-state index is -0.263. The maximum Gasteiger partial charge on any atom is 0.271 e. The fourth-order valence-corrected chi connectivity index (χ4v) is 4.77. The van der Waals surface area contributed by atoms with Crippen LogP contribution in [0.15, 0.2) is 34.2 Å². The van der Waals surface area contributed by atoms with E-state index >= 15 is 0 Å². The van der Waals surface area contributed by atoms with Crippen molar-refractivity contribution in [3.63, 3.8) is 0 Å². The lowest BCUT2D eigenvalue weighted by Crippen LogP contribution is -2.32. The summed E-state index contributed by atoms with van der Waals surface area (Å²) in [6.07, 6.45) is 0. The molecule has 0 unspecified atom stereocenters. The van der Waals surface area contributed by atoms with Crippen molar-refractivity contribution < 1.29 is 9.53 Å². The molecular weight excluding hydrogens is 416 g/mol. The van der Waals surface area contributed by atoms with Gasteiger partial charge in [0, 0.05) is 19.2 Å². The monoisotopic (exact) mass is 436 g/mol. The number of amides is 1. The van der Waals surface area contributed by atoms with Crippen molar-refractivity contribution in [2.45, 2.75) is 19.0 Å². The summed E-state index contributed by atoms with van der Waals surface area (Å²) in [6, 6.07) is 7.40. The number of fused-ring (bicyclic) bond motifs is 1. The normalized spacial score (nSPS) is 11.0. The van der Waals surface area contributed by atoms with E-state index in [1.165, 1.54) is 23.1 Å². The minimum Gasteiger partial charge on any atom is -0.497 e. The van der Waals surface area contributed by atoms with Crippen LogP contribution in [-0.2, 0) is 4.79 Å². The lowest BCUT2D eigenvalue weighted by Gasteiger charge is -2.17. The van der Waals surface area contributed by atoms with Gasteiger partial charge in [-0.3, -0.25) is 14.2 Å². The third-order valence-corrected chi connectivity index (χ3v) is 6.40. The average molecular weight is 437 g/mol.